The lowest BCUT2D eigenvalue weighted by Gasteiger charge is -2.39. The second-order valence-electron chi connectivity index (χ2n) is 10.3. The van der Waals surface area contributed by atoms with Crippen LogP contribution in [0, 0.1) is 5.41 Å². The number of carbonyl (C=O) groups excluding carboxylic acids is 2. The van der Waals surface area contributed by atoms with Gasteiger partial charge in [0.1, 0.15) is 6.10 Å². The fraction of sp³-hybridized carbons (Fsp3) is 0.429. The zero-order valence-electron chi connectivity index (χ0n) is 19.2. The standard InChI is InChI=1S/C28H31NO3/c1-17-24(27(31)32-19-11-5-6-12-19)25(21-14-8-10-18-9-4-7-13-20(18)21)26-22(29-17)15-28(2,3)16-23(26)30/h4,7-10,13-14,19,25,29H,5-6,11-12,15-16H2,1-3H3/t25-/m0/s1. The number of hydrogen-bond acceptors (Lipinski definition) is 4. The van der Waals surface area contributed by atoms with Crippen molar-refractivity contribution in [1.82, 2.24) is 5.32 Å². The maximum Gasteiger partial charge on any atom is 0.337 e. The maximum absolute atomic E-state index is 13.5. The molecule has 2 aromatic carbocycles. The lowest BCUT2D eigenvalue weighted by atomic mass is 9.68. The van der Waals surface area contributed by atoms with Crippen molar-refractivity contribution in [3.8, 4) is 0 Å². The molecule has 1 aliphatic heterocycles. The molecule has 4 heteroatoms. The van der Waals surface area contributed by atoms with Crippen LogP contribution in [0.3, 0.4) is 0 Å². The molecule has 5 rings (SSSR count). The Morgan fingerprint density at radius 1 is 1.03 bits per heavy atom. The van der Waals surface area contributed by atoms with Gasteiger partial charge in [-0.3, -0.25) is 4.79 Å². The number of ketones is 1. The van der Waals surface area contributed by atoms with E-state index in [4.69, 9.17) is 4.74 Å². The molecular formula is C28H31NO3. The molecular weight excluding hydrogens is 398 g/mol. The van der Waals surface area contributed by atoms with Crippen LogP contribution in [0.4, 0.5) is 0 Å². The number of Topliss-reactive ketones (excluding diaryl/α,β-unsaturated/α-hetero) is 1. The molecule has 1 atom stereocenters. The van der Waals surface area contributed by atoms with Crippen LogP contribution in [0.15, 0.2) is 65.0 Å². The highest BCUT2D eigenvalue weighted by molar-refractivity contribution is 6.05. The van der Waals surface area contributed by atoms with Crippen molar-refractivity contribution in [3.63, 3.8) is 0 Å². The van der Waals surface area contributed by atoms with Crippen LogP contribution in [0.5, 0.6) is 0 Å². The second-order valence-corrected chi connectivity index (χ2v) is 10.3. The summed E-state index contributed by atoms with van der Waals surface area (Å²) in [6, 6.07) is 14.4. The van der Waals surface area contributed by atoms with Crippen LogP contribution in [-0.2, 0) is 14.3 Å². The van der Waals surface area contributed by atoms with E-state index in [-0.39, 0.29) is 23.3 Å². The minimum Gasteiger partial charge on any atom is -0.459 e. The zero-order valence-corrected chi connectivity index (χ0v) is 19.2. The van der Waals surface area contributed by atoms with Gasteiger partial charge in [-0.05, 0) is 60.8 Å². The van der Waals surface area contributed by atoms with Gasteiger partial charge < -0.3 is 10.1 Å². The third kappa shape index (κ3) is 3.66. The first-order valence-electron chi connectivity index (χ1n) is 11.8. The summed E-state index contributed by atoms with van der Waals surface area (Å²) >= 11 is 0. The van der Waals surface area contributed by atoms with Crippen LogP contribution in [0.2, 0.25) is 0 Å². The van der Waals surface area contributed by atoms with E-state index >= 15 is 0 Å². The highest BCUT2D eigenvalue weighted by atomic mass is 16.5. The van der Waals surface area contributed by atoms with Crippen LogP contribution >= 0.6 is 0 Å². The van der Waals surface area contributed by atoms with E-state index in [0.717, 1.165) is 65.4 Å². The average molecular weight is 430 g/mol. The van der Waals surface area contributed by atoms with Gasteiger partial charge in [-0.25, -0.2) is 4.79 Å². The minimum atomic E-state index is -0.408. The number of hydrogen-bond donors (Lipinski definition) is 1. The quantitative estimate of drug-likeness (QED) is 0.615. The van der Waals surface area contributed by atoms with Crippen LogP contribution in [0.1, 0.15) is 70.8 Å². The third-order valence-electron chi connectivity index (χ3n) is 7.17. The SMILES string of the molecule is CC1=C(C(=O)OC2CCCC2)[C@H](c2cccc3ccccc23)C2=C(CC(C)(C)CC2=O)N1. The molecule has 0 radical (unpaired) electrons. The van der Waals surface area contributed by atoms with Gasteiger partial charge in [0.25, 0.3) is 0 Å². The van der Waals surface area contributed by atoms with E-state index in [1.165, 1.54) is 0 Å². The second kappa shape index (κ2) is 7.91. The number of benzene rings is 2. The first-order chi connectivity index (χ1) is 15.3. The van der Waals surface area contributed by atoms with Gasteiger partial charge >= 0.3 is 5.97 Å². The number of fused-ring (bicyclic) bond motifs is 1. The summed E-state index contributed by atoms with van der Waals surface area (Å²) in [6.07, 6.45) is 5.30. The number of allylic oxidation sites excluding steroid dienone is 3. The van der Waals surface area contributed by atoms with Gasteiger partial charge in [0, 0.05) is 29.3 Å². The lowest BCUT2D eigenvalue weighted by molar-refractivity contribution is -0.144. The Balaban J connectivity index is 1.67. The molecule has 1 heterocycles. The fourth-order valence-corrected chi connectivity index (χ4v) is 5.74. The Labute approximate surface area is 189 Å². The van der Waals surface area contributed by atoms with Crippen LogP contribution in [0.25, 0.3) is 10.8 Å². The molecule has 0 bridgehead atoms. The van der Waals surface area contributed by atoms with E-state index in [2.05, 4.69) is 43.4 Å². The molecule has 0 saturated heterocycles. The molecule has 2 aliphatic carbocycles. The smallest absolute Gasteiger partial charge is 0.337 e. The lowest BCUT2D eigenvalue weighted by Crippen LogP contribution is -2.39. The maximum atomic E-state index is 13.5. The Bertz CT molecular complexity index is 1160. The van der Waals surface area contributed by atoms with Crippen LogP contribution in [-0.4, -0.2) is 17.9 Å². The minimum absolute atomic E-state index is 0.0210. The molecule has 32 heavy (non-hydrogen) atoms. The highest BCUT2D eigenvalue weighted by Gasteiger charge is 2.43. The summed E-state index contributed by atoms with van der Waals surface area (Å²) in [6.45, 7) is 6.21. The van der Waals surface area contributed by atoms with Gasteiger partial charge in [-0.1, -0.05) is 56.3 Å². The van der Waals surface area contributed by atoms with Crippen molar-refractivity contribution >= 4 is 22.5 Å². The van der Waals surface area contributed by atoms with Crippen molar-refractivity contribution in [2.45, 2.75) is 71.3 Å². The van der Waals surface area contributed by atoms with Crippen molar-refractivity contribution < 1.29 is 14.3 Å². The number of carbonyl (C=O) groups is 2. The number of rotatable bonds is 3. The molecule has 2 aromatic rings. The van der Waals surface area contributed by atoms with Gasteiger partial charge in [-0.2, -0.15) is 0 Å². The summed E-state index contributed by atoms with van der Waals surface area (Å²) in [5.74, 6) is -0.570. The molecule has 1 fully saturated rings. The summed E-state index contributed by atoms with van der Waals surface area (Å²) in [7, 11) is 0. The van der Waals surface area contributed by atoms with E-state index in [1.807, 2.05) is 25.1 Å². The Kier molecular flexibility index (Phi) is 5.19. The van der Waals surface area contributed by atoms with Gasteiger partial charge in [0.15, 0.2) is 5.78 Å². The number of esters is 1. The van der Waals surface area contributed by atoms with E-state index in [1.54, 1.807) is 0 Å². The Hall–Kier alpha value is -2.88. The third-order valence-corrected chi connectivity index (χ3v) is 7.17. The summed E-state index contributed by atoms with van der Waals surface area (Å²) < 4.78 is 5.97. The van der Waals surface area contributed by atoms with Gasteiger partial charge in [0.2, 0.25) is 0 Å². The molecule has 3 aliphatic rings. The molecule has 0 unspecified atom stereocenters. The monoisotopic (exact) mass is 429 g/mol. The van der Waals surface area contributed by atoms with Crippen molar-refractivity contribution in [2.75, 3.05) is 0 Å². The number of dihydropyridines is 1. The molecule has 166 valence electrons. The van der Waals surface area contributed by atoms with E-state index < -0.39 is 5.92 Å². The first-order valence-corrected chi connectivity index (χ1v) is 11.8. The molecule has 4 nitrogen and oxygen atoms in total. The van der Waals surface area contributed by atoms with Gasteiger partial charge in [0.05, 0.1) is 5.57 Å². The molecule has 1 saturated carbocycles. The fourth-order valence-electron chi connectivity index (χ4n) is 5.74. The molecule has 0 amide bonds. The molecule has 0 spiro atoms. The average Bonchev–Trinajstić information content (AvgIpc) is 3.24. The Morgan fingerprint density at radius 3 is 2.53 bits per heavy atom. The van der Waals surface area contributed by atoms with Crippen LogP contribution < -0.4 is 5.32 Å². The highest BCUT2D eigenvalue weighted by Crippen LogP contribution is 2.48. The summed E-state index contributed by atoms with van der Waals surface area (Å²) in [4.78, 5) is 27.0. The number of ether oxygens (including phenoxy) is 1. The summed E-state index contributed by atoms with van der Waals surface area (Å²) in [5.41, 5.74) is 3.98. The van der Waals surface area contributed by atoms with E-state index in [0.29, 0.717) is 12.0 Å². The summed E-state index contributed by atoms with van der Waals surface area (Å²) in [5, 5.41) is 5.63. The van der Waals surface area contributed by atoms with Crippen molar-refractivity contribution in [1.29, 1.82) is 0 Å². The number of nitrogens with one attached hydrogen (secondary N) is 1. The van der Waals surface area contributed by atoms with Crippen molar-refractivity contribution in [2.24, 2.45) is 5.41 Å². The molecule has 0 aromatic heterocycles. The normalized spacial score (nSPS) is 23.3. The Morgan fingerprint density at radius 2 is 1.75 bits per heavy atom. The molecule has 1 N–H and O–H groups in total. The zero-order chi connectivity index (χ0) is 22.5. The predicted molar refractivity (Wildman–Crippen MR) is 126 cm³/mol. The predicted octanol–water partition coefficient (Wildman–Crippen LogP) is 5.93. The largest absolute Gasteiger partial charge is 0.459 e. The topological polar surface area (TPSA) is 55.4 Å². The first kappa shape index (κ1) is 21.0. The van der Waals surface area contributed by atoms with Crippen molar-refractivity contribution in [3.05, 3.63) is 70.6 Å². The van der Waals surface area contributed by atoms with E-state index in [9.17, 15) is 9.59 Å². The van der Waals surface area contributed by atoms with Gasteiger partial charge in [-0.15, -0.1) is 0 Å².